The van der Waals surface area contributed by atoms with Gasteiger partial charge in [0.2, 0.25) is 0 Å². The first-order valence-corrected chi connectivity index (χ1v) is 5.52. The predicted molar refractivity (Wildman–Crippen MR) is 65.6 cm³/mol. The fourth-order valence-corrected chi connectivity index (χ4v) is 1.26. The summed E-state index contributed by atoms with van der Waals surface area (Å²) >= 11 is 4.72. The van der Waals surface area contributed by atoms with Crippen LogP contribution in [0.2, 0.25) is 0 Å². The van der Waals surface area contributed by atoms with Crippen molar-refractivity contribution in [2.24, 2.45) is 0 Å². The average Bonchev–Trinajstić information content (AvgIpc) is 2.28. The lowest BCUT2D eigenvalue weighted by molar-refractivity contribution is -0.141. The zero-order chi connectivity index (χ0) is 14.5. The highest BCUT2D eigenvalue weighted by atomic mass is 32.1. The van der Waals surface area contributed by atoms with E-state index in [1.165, 1.54) is 12.1 Å². The van der Waals surface area contributed by atoms with Gasteiger partial charge in [0.15, 0.2) is 5.11 Å². The Morgan fingerprint density at radius 1 is 1.47 bits per heavy atom. The second kappa shape index (κ2) is 6.32. The Hall–Kier alpha value is -1.90. The van der Waals surface area contributed by atoms with Gasteiger partial charge in [0, 0.05) is 0 Å². The molecule has 104 valence electrons. The molecule has 1 aromatic rings. The Balaban J connectivity index is 2.67. The van der Waals surface area contributed by atoms with E-state index in [0.29, 0.717) is 0 Å². The van der Waals surface area contributed by atoms with Crippen LogP contribution in [-0.2, 0) is 10.9 Å². The summed E-state index contributed by atoms with van der Waals surface area (Å²) in [5.41, 5.74) is -1.06. The third-order valence-electron chi connectivity index (χ3n) is 1.77. The minimum atomic E-state index is -4.55. The third kappa shape index (κ3) is 5.08. The van der Waals surface area contributed by atoms with Crippen LogP contribution in [-0.4, -0.2) is 22.8 Å². The first-order chi connectivity index (χ1) is 8.82. The van der Waals surface area contributed by atoms with Crippen LogP contribution in [0.15, 0.2) is 18.2 Å². The van der Waals surface area contributed by atoms with Crippen LogP contribution in [0.3, 0.4) is 0 Å². The number of rotatable bonds is 2. The summed E-state index contributed by atoms with van der Waals surface area (Å²) in [6.45, 7) is 1.75. The van der Waals surface area contributed by atoms with E-state index in [1.807, 2.05) is 0 Å². The molecule has 1 aromatic heterocycles. The van der Waals surface area contributed by atoms with Crippen LogP contribution in [0.25, 0.3) is 0 Å². The number of halogens is 3. The summed E-state index contributed by atoms with van der Waals surface area (Å²) in [5.74, 6) is -0.128. The Bertz CT molecular complexity index is 479. The minimum absolute atomic E-state index is 0.128. The Labute approximate surface area is 112 Å². The lowest BCUT2D eigenvalue weighted by atomic mass is 10.3. The van der Waals surface area contributed by atoms with Crippen molar-refractivity contribution >= 4 is 29.2 Å². The van der Waals surface area contributed by atoms with Gasteiger partial charge < -0.3 is 10.1 Å². The molecule has 0 saturated carbocycles. The Morgan fingerprint density at radius 2 is 2.16 bits per heavy atom. The molecule has 0 spiro atoms. The first kappa shape index (κ1) is 15.2. The number of aromatic nitrogens is 1. The van der Waals surface area contributed by atoms with Crippen molar-refractivity contribution in [3.8, 4) is 0 Å². The van der Waals surface area contributed by atoms with E-state index in [-0.39, 0.29) is 17.5 Å². The number of alkyl carbamates (subject to hydrolysis) is 1. The SMILES string of the molecule is CCOC(=O)NC(=S)Nc1cccc(C(F)(F)F)n1. The molecule has 0 unspecified atom stereocenters. The average molecular weight is 293 g/mol. The number of carbonyl (C=O) groups is 1. The Morgan fingerprint density at radius 3 is 2.74 bits per heavy atom. The van der Waals surface area contributed by atoms with Crippen LogP contribution in [0.4, 0.5) is 23.8 Å². The van der Waals surface area contributed by atoms with Gasteiger partial charge in [-0.2, -0.15) is 13.2 Å². The summed E-state index contributed by atoms with van der Waals surface area (Å²) < 4.78 is 41.8. The van der Waals surface area contributed by atoms with Crippen molar-refractivity contribution in [2.75, 3.05) is 11.9 Å². The molecule has 0 aromatic carbocycles. The van der Waals surface area contributed by atoms with E-state index < -0.39 is 18.0 Å². The smallest absolute Gasteiger partial charge is 0.433 e. The number of nitrogens with zero attached hydrogens (tertiary/aromatic N) is 1. The van der Waals surface area contributed by atoms with Gasteiger partial charge in [0.25, 0.3) is 0 Å². The number of nitrogens with one attached hydrogen (secondary N) is 2. The fourth-order valence-electron chi connectivity index (χ4n) is 1.07. The largest absolute Gasteiger partial charge is 0.450 e. The number of thiocarbonyl (C=S) groups is 1. The van der Waals surface area contributed by atoms with Gasteiger partial charge in [-0.25, -0.2) is 9.78 Å². The first-order valence-electron chi connectivity index (χ1n) is 5.12. The molecule has 0 saturated heterocycles. The molecule has 2 N–H and O–H groups in total. The lowest BCUT2D eigenvalue weighted by Crippen LogP contribution is -2.34. The van der Waals surface area contributed by atoms with Crippen molar-refractivity contribution in [2.45, 2.75) is 13.1 Å². The summed E-state index contributed by atoms with van der Waals surface area (Å²) in [6.07, 6.45) is -5.35. The van der Waals surface area contributed by atoms with Crippen molar-refractivity contribution in [3.05, 3.63) is 23.9 Å². The molecule has 5 nitrogen and oxygen atoms in total. The van der Waals surface area contributed by atoms with Crippen LogP contribution in [0.1, 0.15) is 12.6 Å². The van der Waals surface area contributed by atoms with Crippen LogP contribution >= 0.6 is 12.2 Å². The molecule has 1 heterocycles. The van der Waals surface area contributed by atoms with Gasteiger partial charge >= 0.3 is 12.3 Å². The highest BCUT2D eigenvalue weighted by Gasteiger charge is 2.32. The third-order valence-corrected chi connectivity index (χ3v) is 1.98. The molecule has 9 heteroatoms. The summed E-state index contributed by atoms with van der Waals surface area (Å²) in [6, 6.07) is 3.28. The van der Waals surface area contributed by atoms with E-state index in [0.717, 1.165) is 6.07 Å². The second-order valence-corrected chi connectivity index (χ2v) is 3.61. The molecule has 19 heavy (non-hydrogen) atoms. The fraction of sp³-hybridized carbons (Fsp3) is 0.300. The summed E-state index contributed by atoms with van der Waals surface area (Å²) in [5, 5.41) is 4.27. The quantitative estimate of drug-likeness (QED) is 0.820. The number of carbonyl (C=O) groups excluding carboxylic acids is 1. The minimum Gasteiger partial charge on any atom is -0.450 e. The predicted octanol–water partition coefficient (Wildman–Crippen LogP) is 2.54. The molecule has 0 fully saturated rings. The normalized spacial score (nSPS) is 10.7. The van der Waals surface area contributed by atoms with Crippen LogP contribution in [0.5, 0.6) is 0 Å². The standard InChI is InChI=1S/C10H10F3N3O2S/c1-2-18-9(17)16-8(19)15-7-5-3-4-6(14-7)10(11,12)13/h3-5H,2H2,1H3,(H2,14,15,16,17,19). The van der Waals surface area contributed by atoms with E-state index >= 15 is 0 Å². The van der Waals surface area contributed by atoms with Gasteiger partial charge in [0.1, 0.15) is 11.5 Å². The monoisotopic (exact) mass is 293 g/mol. The van der Waals surface area contributed by atoms with Crippen molar-refractivity contribution < 1.29 is 22.7 Å². The van der Waals surface area contributed by atoms with Gasteiger partial charge in [-0.05, 0) is 31.3 Å². The van der Waals surface area contributed by atoms with E-state index in [1.54, 1.807) is 6.92 Å². The van der Waals surface area contributed by atoms with Gasteiger partial charge in [-0.15, -0.1) is 0 Å². The maximum atomic E-state index is 12.4. The number of anilines is 1. The maximum absolute atomic E-state index is 12.4. The molecule has 1 rings (SSSR count). The number of ether oxygens (including phenoxy) is 1. The zero-order valence-electron chi connectivity index (χ0n) is 9.75. The molecule has 0 bridgehead atoms. The number of hydrogen-bond donors (Lipinski definition) is 2. The zero-order valence-corrected chi connectivity index (χ0v) is 10.6. The lowest BCUT2D eigenvalue weighted by Gasteiger charge is -2.10. The topological polar surface area (TPSA) is 63.2 Å². The van der Waals surface area contributed by atoms with Crippen molar-refractivity contribution in [1.82, 2.24) is 10.3 Å². The van der Waals surface area contributed by atoms with Gasteiger partial charge in [0.05, 0.1) is 6.61 Å². The van der Waals surface area contributed by atoms with Crippen molar-refractivity contribution in [1.29, 1.82) is 0 Å². The highest BCUT2D eigenvalue weighted by molar-refractivity contribution is 7.80. The van der Waals surface area contributed by atoms with Crippen LogP contribution in [0, 0.1) is 0 Å². The number of amides is 1. The number of pyridine rings is 1. The van der Waals surface area contributed by atoms with E-state index in [9.17, 15) is 18.0 Å². The van der Waals surface area contributed by atoms with E-state index in [2.05, 4.69) is 20.4 Å². The maximum Gasteiger partial charge on any atom is 0.433 e. The molecule has 0 radical (unpaired) electrons. The molecule has 0 aliphatic rings. The summed E-state index contributed by atoms with van der Waals surface area (Å²) in [7, 11) is 0. The molecular weight excluding hydrogens is 283 g/mol. The second-order valence-electron chi connectivity index (χ2n) is 3.21. The van der Waals surface area contributed by atoms with Gasteiger partial charge in [-0.1, -0.05) is 6.07 Å². The number of hydrogen-bond acceptors (Lipinski definition) is 4. The molecule has 0 aliphatic carbocycles. The number of alkyl halides is 3. The Kier molecular flexibility index (Phi) is 5.04. The molecular formula is C10H10F3N3O2S. The van der Waals surface area contributed by atoms with Crippen LogP contribution < -0.4 is 10.6 Å². The van der Waals surface area contributed by atoms with E-state index in [4.69, 9.17) is 12.2 Å². The highest BCUT2D eigenvalue weighted by Crippen LogP contribution is 2.28. The molecule has 0 aliphatic heterocycles. The molecule has 0 atom stereocenters. The summed E-state index contributed by atoms with van der Waals surface area (Å²) in [4.78, 5) is 14.3. The van der Waals surface area contributed by atoms with Crippen molar-refractivity contribution in [3.63, 3.8) is 0 Å². The molecule has 1 amide bonds. The van der Waals surface area contributed by atoms with Gasteiger partial charge in [-0.3, -0.25) is 5.32 Å².